The molecule has 0 radical (unpaired) electrons. The van der Waals surface area contributed by atoms with Gasteiger partial charge in [0.15, 0.2) is 0 Å². The minimum absolute atomic E-state index is 0.699. The van der Waals surface area contributed by atoms with Crippen molar-refractivity contribution < 1.29 is 4.74 Å². The van der Waals surface area contributed by atoms with Crippen LogP contribution < -0.4 is 10.1 Å². The van der Waals surface area contributed by atoms with E-state index in [0.717, 1.165) is 23.6 Å². The molecule has 0 unspecified atom stereocenters. The van der Waals surface area contributed by atoms with Gasteiger partial charge in [-0.3, -0.25) is 0 Å². The van der Waals surface area contributed by atoms with Crippen LogP contribution in [0.3, 0.4) is 0 Å². The van der Waals surface area contributed by atoms with Crippen LogP contribution in [0.25, 0.3) is 11.1 Å². The third-order valence-electron chi connectivity index (χ3n) is 3.09. The molecule has 100 valence electrons. The lowest BCUT2D eigenvalue weighted by atomic mass is 10.0. The third kappa shape index (κ3) is 3.05. The first-order valence-electron chi connectivity index (χ1n) is 6.68. The maximum absolute atomic E-state index is 5.63. The number of aromatic nitrogens is 1. The Bertz CT molecular complexity index is 535. The van der Waals surface area contributed by atoms with Gasteiger partial charge in [-0.2, -0.15) is 0 Å². The van der Waals surface area contributed by atoms with Gasteiger partial charge in [-0.15, -0.1) is 0 Å². The summed E-state index contributed by atoms with van der Waals surface area (Å²) >= 11 is 0. The van der Waals surface area contributed by atoms with E-state index in [9.17, 15) is 0 Å². The molecule has 0 saturated carbocycles. The van der Waals surface area contributed by atoms with Crippen LogP contribution >= 0.6 is 0 Å². The van der Waals surface area contributed by atoms with E-state index in [1.165, 1.54) is 11.1 Å². The summed E-state index contributed by atoms with van der Waals surface area (Å²) in [5, 5.41) is 3.02. The predicted molar refractivity (Wildman–Crippen MR) is 79.8 cm³/mol. The molecule has 0 atom stereocenters. The highest BCUT2D eigenvalue weighted by Crippen LogP contribution is 2.27. The zero-order chi connectivity index (χ0) is 13.7. The monoisotopic (exact) mass is 256 g/mol. The molecule has 1 N–H and O–H groups in total. The number of aryl methyl sites for hydroxylation is 1. The van der Waals surface area contributed by atoms with Crippen LogP contribution in [0.4, 0.5) is 5.82 Å². The summed E-state index contributed by atoms with van der Waals surface area (Å²) in [7, 11) is 1.87. The summed E-state index contributed by atoms with van der Waals surface area (Å²) in [6.07, 6.45) is 2.85. The molecular formula is C16H20N2O. The molecule has 0 spiro atoms. The van der Waals surface area contributed by atoms with E-state index < -0.39 is 0 Å². The SMILES string of the molecule is CCOc1ccc(-c2ccc(NC)nc2)cc1CC. The number of benzene rings is 1. The van der Waals surface area contributed by atoms with Crippen LogP contribution in [0.15, 0.2) is 36.5 Å². The molecule has 0 aliphatic heterocycles. The lowest BCUT2D eigenvalue weighted by Crippen LogP contribution is -1.96. The highest BCUT2D eigenvalue weighted by atomic mass is 16.5. The maximum Gasteiger partial charge on any atom is 0.125 e. The van der Waals surface area contributed by atoms with Crippen LogP contribution in [0.5, 0.6) is 5.75 Å². The van der Waals surface area contributed by atoms with Crippen LogP contribution in [0.2, 0.25) is 0 Å². The molecule has 3 heteroatoms. The van der Waals surface area contributed by atoms with Crippen molar-refractivity contribution >= 4 is 5.82 Å². The number of ether oxygens (including phenoxy) is 1. The molecule has 1 heterocycles. The fourth-order valence-electron chi connectivity index (χ4n) is 2.04. The topological polar surface area (TPSA) is 34.1 Å². The van der Waals surface area contributed by atoms with Crippen LogP contribution in [0.1, 0.15) is 19.4 Å². The van der Waals surface area contributed by atoms with Gasteiger partial charge in [0.05, 0.1) is 6.61 Å². The van der Waals surface area contributed by atoms with Gasteiger partial charge in [-0.25, -0.2) is 4.98 Å². The summed E-state index contributed by atoms with van der Waals surface area (Å²) in [5.41, 5.74) is 3.53. The molecule has 0 aliphatic carbocycles. The molecule has 0 saturated heterocycles. The largest absolute Gasteiger partial charge is 0.494 e. The molecule has 0 aliphatic rings. The van der Waals surface area contributed by atoms with E-state index in [1.54, 1.807) is 0 Å². The zero-order valence-corrected chi connectivity index (χ0v) is 11.7. The number of pyridine rings is 1. The summed E-state index contributed by atoms with van der Waals surface area (Å²) < 4.78 is 5.63. The van der Waals surface area contributed by atoms with Gasteiger partial charge in [-0.1, -0.05) is 13.0 Å². The van der Waals surface area contributed by atoms with Gasteiger partial charge >= 0.3 is 0 Å². The number of hydrogen-bond donors (Lipinski definition) is 1. The second kappa shape index (κ2) is 6.23. The zero-order valence-electron chi connectivity index (χ0n) is 11.7. The first kappa shape index (κ1) is 13.4. The van der Waals surface area contributed by atoms with Gasteiger partial charge < -0.3 is 10.1 Å². The average molecular weight is 256 g/mol. The van der Waals surface area contributed by atoms with E-state index in [2.05, 4.69) is 35.4 Å². The first-order valence-corrected chi connectivity index (χ1v) is 6.68. The van der Waals surface area contributed by atoms with Crippen LogP contribution in [-0.4, -0.2) is 18.6 Å². The Morgan fingerprint density at radius 1 is 1.11 bits per heavy atom. The second-order valence-electron chi connectivity index (χ2n) is 4.29. The van der Waals surface area contributed by atoms with Crippen molar-refractivity contribution in [2.75, 3.05) is 19.0 Å². The minimum atomic E-state index is 0.699. The van der Waals surface area contributed by atoms with E-state index in [0.29, 0.717) is 6.61 Å². The normalized spacial score (nSPS) is 10.3. The minimum Gasteiger partial charge on any atom is -0.494 e. The molecule has 0 fully saturated rings. The van der Waals surface area contributed by atoms with Gasteiger partial charge in [0.25, 0.3) is 0 Å². The van der Waals surface area contributed by atoms with Gasteiger partial charge in [0.2, 0.25) is 0 Å². The maximum atomic E-state index is 5.63. The third-order valence-corrected chi connectivity index (χ3v) is 3.09. The van der Waals surface area contributed by atoms with Crippen molar-refractivity contribution in [3.8, 4) is 16.9 Å². The quantitative estimate of drug-likeness (QED) is 0.884. The Hall–Kier alpha value is -2.03. The fraction of sp³-hybridized carbons (Fsp3) is 0.312. The van der Waals surface area contributed by atoms with Gasteiger partial charge in [0.1, 0.15) is 11.6 Å². The molecular weight excluding hydrogens is 236 g/mol. The van der Waals surface area contributed by atoms with Crippen molar-refractivity contribution in [1.82, 2.24) is 4.98 Å². The Morgan fingerprint density at radius 3 is 2.47 bits per heavy atom. The van der Waals surface area contributed by atoms with Crippen molar-refractivity contribution in [2.24, 2.45) is 0 Å². The summed E-state index contributed by atoms with van der Waals surface area (Å²) in [6.45, 7) is 4.85. The smallest absolute Gasteiger partial charge is 0.125 e. The van der Waals surface area contributed by atoms with Gasteiger partial charge in [0, 0.05) is 18.8 Å². The number of hydrogen-bond acceptors (Lipinski definition) is 3. The fourth-order valence-corrected chi connectivity index (χ4v) is 2.04. The second-order valence-corrected chi connectivity index (χ2v) is 4.29. The highest BCUT2D eigenvalue weighted by Gasteiger charge is 2.05. The van der Waals surface area contributed by atoms with Crippen LogP contribution in [0, 0.1) is 0 Å². The van der Waals surface area contributed by atoms with E-state index in [4.69, 9.17) is 4.74 Å². The Balaban J connectivity index is 2.33. The van der Waals surface area contributed by atoms with Crippen molar-refractivity contribution in [3.63, 3.8) is 0 Å². The Labute approximate surface area is 114 Å². The average Bonchev–Trinajstić information content (AvgIpc) is 2.48. The molecule has 2 aromatic rings. The van der Waals surface area contributed by atoms with E-state index in [1.807, 2.05) is 32.3 Å². The van der Waals surface area contributed by atoms with Crippen molar-refractivity contribution in [1.29, 1.82) is 0 Å². The molecule has 19 heavy (non-hydrogen) atoms. The molecule has 1 aromatic carbocycles. The first-order chi connectivity index (χ1) is 9.28. The van der Waals surface area contributed by atoms with E-state index in [-0.39, 0.29) is 0 Å². The van der Waals surface area contributed by atoms with Crippen LogP contribution in [-0.2, 0) is 6.42 Å². The molecule has 0 bridgehead atoms. The molecule has 3 nitrogen and oxygen atoms in total. The Kier molecular flexibility index (Phi) is 4.39. The molecule has 0 amide bonds. The predicted octanol–water partition coefficient (Wildman–Crippen LogP) is 3.75. The number of nitrogens with one attached hydrogen (secondary N) is 1. The number of nitrogens with zero attached hydrogens (tertiary/aromatic N) is 1. The highest BCUT2D eigenvalue weighted by molar-refractivity contribution is 5.66. The van der Waals surface area contributed by atoms with Crippen molar-refractivity contribution in [2.45, 2.75) is 20.3 Å². The summed E-state index contributed by atoms with van der Waals surface area (Å²) in [6, 6.07) is 10.4. The standard InChI is InChI=1S/C16H20N2O/c1-4-12-10-13(6-8-15(12)19-5-2)14-7-9-16(17-3)18-11-14/h6-11H,4-5H2,1-3H3,(H,17,18). The van der Waals surface area contributed by atoms with Gasteiger partial charge in [-0.05, 0) is 48.7 Å². The number of rotatable bonds is 5. The molecule has 1 aromatic heterocycles. The summed E-state index contributed by atoms with van der Waals surface area (Å²) in [4.78, 5) is 4.35. The van der Waals surface area contributed by atoms with E-state index >= 15 is 0 Å². The van der Waals surface area contributed by atoms with Crippen molar-refractivity contribution in [3.05, 3.63) is 42.1 Å². The molecule has 2 rings (SSSR count). The Morgan fingerprint density at radius 2 is 1.89 bits per heavy atom. The lowest BCUT2D eigenvalue weighted by molar-refractivity contribution is 0.337. The lowest BCUT2D eigenvalue weighted by Gasteiger charge is -2.11. The summed E-state index contributed by atoms with van der Waals surface area (Å²) in [5.74, 6) is 1.86. The number of anilines is 1.